The second-order valence-corrected chi connectivity index (χ2v) is 6.66. The van der Waals surface area contributed by atoms with Gasteiger partial charge in [0.15, 0.2) is 0 Å². The lowest BCUT2D eigenvalue weighted by atomic mass is 9.93. The van der Waals surface area contributed by atoms with E-state index in [9.17, 15) is 9.18 Å². The Morgan fingerprint density at radius 3 is 2.62 bits per heavy atom. The molecule has 116 valence electrons. The third-order valence-electron chi connectivity index (χ3n) is 3.63. The van der Waals surface area contributed by atoms with Crippen molar-refractivity contribution in [1.82, 2.24) is 4.90 Å². The van der Waals surface area contributed by atoms with Crippen LogP contribution in [0.1, 0.15) is 37.8 Å². The Kier molecular flexibility index (Phi) is 4.23. The molecule has 1 amide bonds. The molecule has 0 spiro atoms. The van der Waals surface area contributed by atoms with E-state index in [0.29, 0.717) is 18.7 Å². The molecule has 1 aliphatic heterocycles. The van der Waals surface area contributed by atoms with Crippen molar-refractivity contribution in [2.45, 2.75) is 45.3 Å². The summed E-state index contributed by atoms with van der Waals surface area (Å²) in [5.41, 5.74) is 7.18. The molecular weight excluding hydrogens is 271 g/mol. The largest absolute Gasteiger partial charge is 0.444 e. The highest BCUT2D eigenvalue weighted by atomic mass is 19.1. The standard InChI is InChI=1S/C16H23FN2O2/c1-10-7-11(5-6-13(10)17)12-8-19(9-14(12)18)15(20)21-16(2,3)4/h5-7,12,14H,8-9,18H2,1-4H3. The van der Waals surface area contributed by atoms with Crippen molar-refractivity contribution in [1.29, 1.82) is 0 Å². The first-order chi connectivity index (χ1) is 9.67. The Morgan fingerprint density at radius 1 is 1.38 bits per heavy atom. The molecule has 1 aromatic rings. The predicted molar refractivity (Wildman–Crippen MR) is 79.7 cm³/mol. The summed E-state index contributed by atoms with van der Waals surface area (Å²) in [5.74, 6) is -0.217. The van der Waals surface area contributed by atoms with Crippen molar-refractivity contribution in [3.05, 3.63) is 35.1 Å². The molecule has 21 heavy (non-hydrogen) atoms. The molecule has 5 heteroatoms. The Morgan fingerprint density at radius 2 is 2.05 bits per heavy atom. The van der Waals surface area contributed by atoms with Crippen LogP contribution in [0.4, 0.5) is 9.18 Å². The molecule has 2 unspecified atom stereocenters. The second-order valence-electron chi connectivity index (χ2n) is 6.66. The third-order valence-corrected chi connectivity index (χ3v) is 3.63. The number of ether oxygens (including phenoxy) is 1. The van der Waals surface area contributed by atoms with Gasteiger partial charge in [0.2, 0.25) is 0 Å². The summed E-state index contributed by atoms with van der Waals surface area (Å²) in [4.78, 5) is 13.7. The Bertz CT molecular complexity index is 540. The van der Waals surface area contributed by atoms with Gasteiger partial charge in [0.25, 0.3) is 0 Å². The molecule has 1 heterocycles. The summed E-state index contributed by atoms with van der Waals surface area (Å²) < 4.78 is 18.7. The average molecular weight is 294 g/mol. The van der Waals surface area contributed by atoms with Crippen LogP contribution in [0.25, 0.3) is 0 Å². The van der Waals surface area contributed by atoms with Gasteiger partial charge in [-0.1, -0.05) is 12.1 Å². The molecule has 0 radical (unpaired) electrons. The fraction of sp³-hybridized carbons (Fsp3) is 0.562. The number of rotatable bonds is 1. The lowest BCUT2D eigenvalue weighted by molar-refractivity contribution is 0.0290. The monoisotopic (exact) mass is 294 g/mol. The molecule has 1 fully saturated rings. The number of benzene rings is 1. The van der Waals surface area contributed by atoms with Crippen LogP contribution >= 0.6 is 0 Å². The van der Waals surface area contributed by atoms with Gasteiger partial charge < -0.3 is 15.4 Å². The summed E-state index contributed by atoms with van der Waals surface area (Å²) in [7, 11) is 0. The van der Waals surface area contributed by atoms with Gasteiger partial charge in [-0.15, -0.1) is 0 Å². The number of hydrogen-bond acceptors (Lipinski definition) is 3. The van der Waals surface area contributed by atoms with Gasteiger partial charge in [-0.25, -0.2) is 9.18 Å². The minimum Gasteiger partial charge on any atom is -0.444 e. The van der Waals surface area contributed by atoms with Crippen LogP contribution in [0, 0.1) is 12.7 Å². The second kappa shape index (κ2) is 5.64. The van der Waals surface area contributed by atoms with Crippen LogP contribution in [0.3, 0.4) is 0 Å². The van der Waals surface area contributed by atoms with E-state index >= 15 is 0 Å². The molecule has 1 aliphatic rings. The molecule has 0 bridgehead atoms. The summed E-state index contributed by atoms with van der Waals surface area (Å²) in [6, 6.07) is 4.83. The fourth-order valence-corrected chi connectivity index (χ4v) is 2.56. The van der Waals surface area contributed by atoms with Gasteiger partial charge >= 0.3 is 6.09 Å². The minimum atomic E-state index is -0.522. The Hall–Kier alpha value is -1.62. The Balaban J connectivity index is 2.10. The lowest BCUT2D eigenvalue weighted by Gasteiger charge is -2.24. The predicted octanol–water partition coefficient (Wildman–Crippen LogP) is 2.80. The van der Waals surface area contributed by atoms with E-state index in [4.69, 9.17) is 10.5 Å². The van der Waals surface area contributed by atoms with E-state index in [-0.39, 0.29) is 23.9 Å². The van der Waals surface area contributed by atoms with E-state index in [1.165, 1.54) is 6.07 Å². The number of halogens is 1. The topological polar surface area (TPSA) is 55.6 Å². The molecular formula is C16H23FN2O2. The Labute approximate surface area is 125 Å². The maximum Gasteiger partial charge on any atom is 0.410 e. The molecule has 1 saturated heterocycles. The van der Waals surface area contributed by atoms with Crippen molar-refractivity contribution < 1.29 is 13.9 Å². The van der Waals surface area contributed by atoms with E-state index in [0.717, 1.165) is 5.56 Å². The molecule has 4 nitrogen and oxygen atoms in total. The first kappa shape index (κ1) is 15.8. The number of carbonyl (C=O) groups excluding carboxylic acids is 1. The fourth-order valence-electron chi connectivity index (χ4n) is 2.56. The molecule has 1 aromatic carbocycles. The van der Waals surface area contributed by atoms with Crippen molar-refractivity contribution in [2.24, 2.45) is 5.73 Å². The van der Waals surface area contributed by atoms with Crippen LogP contribution in [0.2, 0.25) is 0 Å². The van der Waals surface area contributed by atoms with Gasteiger partial charge in [-0.05, 0) is 44.9 Å². The summed E-state index contributed by atoms with van der Waals surface area (Å²) in [6.45, 7) is 8.19. The van der Waals surface area contributed by atoms with Gasteiger partial charge in [-0.2, -0.15) is 0 Å². The number of amides is 1. The van der Waals surface area contributed by atoms with Gasteiger partial charge in [-0.3, -0.25) is 0 Å². The van der Waals surface area contributed by atoms with E-state index in [1.54, 1.807) is 24.0 Å². The number of aryl methyl sites for hydroxylation is 1. The van der Waals surface area contributed by atoms with Crippen molar-refractivity contribution in [2.75, 3.05) is 13.1 Å². The zero-order valence-electron chi connectivity index (χ0n) is 13.0. The number of likely N-dealkylation sites (tertiary alicyclic amines) is 1. The zero-order valence-corrected chi connectivity index (χ0v) is 13.0. The SMILES string of the molecule is Cc1cc(C2CN(C(=O)OC(C)(C)C)CC2N)ccc1F. The number of carbonyl (C=O) groups is 1. The first-order valence-corrected chi connectivity index (χ1v) is 7.17. The first-order valence-electron chi connectivity index (χ1n) is 7.17. The lowest BCUT2D eigenvalue weighted by Crippen LogP contribution is -2.36. The van der Waals surface area contributed by atoms with Crippen LogP contribution in [0.5, 0.6) is 0 Å². The van der Waals surface area contributed by atoms with Gasteiger partial charge in [0, 0.05) is 25.0 Å². The quantitative estimate of drug-likeness (QED) is 0.866. The molecule has 2 N–H and O–H groups in total. The van der Waals surface area contributed by atoms with Crippen LogP contribution < -0.4 is 5.73 Å². The summed E-state index contributed by atoms with van der Waals surface area (Å²) in [5, 5.41) is 0. The van der Waals surface area contributed by atoms with Gasteiger partial charge in [0.1, 0.15) is 11.4 Å². The average Bonchev–Trinajstić information content (AvgIpc) is 2.73. The zero-order chi connectivity index (χ0) is 15.8. The maximum absolute atomic E-state index is 13.4. The molecule has 0 aliphatic carbocycles. The van der Waals surface area contributed by atoms with Crippen molar-refractivity contribution in [3.63, 3.8) is 0 Å². The molecule has 0 saturated carbocycles. The van der Waals surface area contributed by atoms with Gasteiger partial charge in [0.05, 0.1) is 0 Å². The van der Waals surface area contributed by atoms with E-state index < -0.39 is 5.60 Å². The van der Waals surface area contributed by atoms with Crippen LogP contribution in [0.15, 0.2) is 18.2 Å². The number of hydrogen-bond donors (Lipinski definition) is 1. The molecule has 2 atom stereocenters. The van der Waals surface area contributed by atoms with Crippen LogP contribution in [-0.4, -0.2) is 35.7 Å². The molecule has 2 rings (SSSR count). The smallest absolute Gasteiger partial charge is 0.410 e. The molecule has 0 aromatic heterocycles. The minimum absolute atomic E-state index is 0.0109. The summed E-state index contributed by atoms with van der Waals surface area (Å²) in [6.07, 6.45) is -0.348. The summed E-state index contributed by atoms with van der Waals surface area (Å²) >= 11 is 0. The van der Waals surface area contributed by atoms with Crippen molar-refractivity contribution >= 4 is 6.09 Å². The maximum atomic E-state index is 13.4. The third kappa shape index (κ3) is 3.73. The highest BCUT2D eigenvalue weighted by molar-refractivity contribution is 5.69. The highest BCUT2D eigenvalue weighted by Crippen LogP contribution is 2.28. The van der Waals surface area contributed by atoms with E-state index in [2.05, 4.69) is 0 Å². The number of nitrogens with zero attached hydrogens (tertiary/aromatic N) is 1. The van der Waals surface area contributed by atoms with Crippen LogP contribution in [-0.2, 0) is 4.74 Å². The van der Waals surface area contributed by atoms with Crippen molar-refractivity contribution in [3.8, 4) is 0 Å². The number of nitrogens with two attached hydrogens (primary N) is 1. The highest BCUT2D eigenvalue weighted by Gasteiger charge is 2.36. The normalized spacial score (nSPS) is 22.5. The van der Waals surface area contributed by atoms with E-state index in [1.807, 2.05) is 20.8 Å².